The van der Waals surface area contributed by atoms with Crippen molar-refractivity contribution in [1.82, 2.24) is 4.90 Å². The monoisotopic (exact) mass is 202 g/mol. The first-order chi connectivity index (χ1) is 6.77. The molecule has 0 atom stereocenters. The highest BCUT2D eigenvalue weighted by molar-refractivity contribution is 4.44. The van der Waals surface area contributed by atoms with E-state index in [1.165, 1.54) is 0 Å². The van der Waals surface area contributed by atoms with Gasteiger partial charge in [-0.05, 0) is 19.6 Å². The quantitative estimate of drug-likeness (QED) is 0.241. The predicted molar refractivity (Wildman–Crippen MR) is 54.2 cm³/mol. The van der Waals surface area contributed by atoms with Crippen LogP contribution in [-0.4, -0.2) is 58.5 Å². The van der Waals surface area contributed by atoms with E-state index in [0.29, 0.717) is 33.0 Å². The standard InChI is InChI=1S/C8H18N4O2/c1-12(2)4-6-14-8-7-13-5-3-10-11-9/h3-8H2,1-2H3. The van der Waals surface area contributed by atoms with E-state index in [-0.39, 0.29) is 0 Å². The maximum atomic E-state index is 7.96. The molecule has 6 heteroatoms. The molecule has 14 heavy (non-hydrogen) atoms. The third kappa shape index (κ3) is 11.2. The molecule has 0 aromatic heterocycles. The van der Waals surface area contributed by atoms with Gasteiger partial charge in [-0.15, -0.1) is 0 Å². The summed E-state index contributed by atoms with van der Waals surface area (Å²) in [5, 5.41) is 3.34. The van der Waals surface area contributed by atoms with E-state index >= 15 is 0 Å². The van der Waals surface area contributed by atoms with Crippen LogP contribution in [-0.2, 0) is 9.47 Å². The molecule has 0 radical (unpaired) electrons. The highest BCUT2D eigenvalue weighted by atomic mass is 16.5. The molecule has 0 unspecified atom stereocenters. The molecule has 0 fully saturated rings. The third-order valence-electron chi connectivity index (χ3n) is 1.45. The first-order valence-electron chi connectivity index (χ1n) is 4.58. The zero-order valence-corrected chi connectivity index (χ0v) is 8.85. The average Bonchev–Trinajstić information content (AvgIpc) is 2.15. The van der Waals surface area contributed by atoms with Crippen molar-refractivity contribution in [2.45, 2.75) is 0 Å². The van der Waals surface area contributed by atoms with E-state index in [1.807, 2.05) is 14.1 Å². The minimum absolute atomic E-state index is 0.383. The lowest BCUT2D eigenvalue weighted by Gasteiger charge is -2.09. The Morgan fingerprint density at radius 2 is 1.79 bits per heavy atom. The Bertz CT molecular complexity index is 169. The van der Waals surface area contributed by atoms with Crippen LogP contribution in [0.5, 0.6) is 0 Å². The van der Waals surface area contributed by atoms with Gasteiger partial charge in [-0.3, -0.25) is 0 Å². The van der Waals surface area contributed by atoms with E-state index in [0.717, 1.165) is 6.54 Å². The minimum Gasteiger partial charge on any atom is -0.379 e. The molecule has 82 valence electrons. The van der Waals surface area contributed by atoms with Gasteiger partial charge in [0.05, 0.1) is 26.4 Å². The minimum atomic E-state index is 0.383. The van der Waals surface area contributed by atoms with Crippen molar-refractivity contribution >= 4 is 0 Å². The van der Waals surface area contributed by atoms with Gasteiger partial charge in [0.25, 0.3) is 0 Å². The SMILES string of the molecule is CN(C)CCOCCOCCN=[N+]=[N-]. The molecular weight excluding hydrogens is 184 g/mol. The van der Waals surface area contributed by atoms with Crippen LogP contribution in [0, 0.1) is 0 Å². The van der Waals surface area contributed by atoms with Crippen LogP contribution in [0.3, 0.4) is 0 Å². The van der Waals surface area contributed by atoms with Gasteiger partial charge in [-0.25, -0.2) is 0 Å². The van der Waals surface area contributed by atoms with E-state index in [4.69, 9.17) is 15.0 Å². The second-order valence-electron chi connectivity index (χ2n) is 2.98. The number of likely N-dealkylation sites (N-methyl/N-ethyl adjacent to an activating group) is 1. The van der Waals surface area contributed by atoms with Crippen molar-refractivity contribution in [2.75, 3.05) is 53.6 Å². The molecule has 0 bridgehead atoms. The molecule has 0 saturated heterocycles. The molecule has 0 aromatic carbocycles. The normalized spacial score (nSPS) is 10.2. The molecule has 0 heterocycles. The summed E-state index contributed by atoms with van der Waals surface area (Å²) in [5.74, 6) is 0. The zero-order valence-electron chi connectivity index (χ0n) is 8.85. The van der Waals surface area contributed by atoms with E-state index in [2.05, 4.69) is 14.9 Å². The summed E-state index contributed by atoms with van der Waals surface area (Å²) in [7, 11) is 4.00. The number of hydrogen-bond acceptors (Lipinski definition) is 4. The van der Waals surface area contributed by atoms with Crippen molar-refractivity contribution < 1.29 is 9.47 Å². The lowest BCUT2D eigenvalue weighted by Crippen LogP contribution is -2.19. The van der Waals surface area contributed by atoms with Crippen molar-refractivity contribution in [2.24, 2.45) is 5.11 Å². The van der Waals surface area contributed by atoms with Crippen LogP contribution in [0.25, 0.3) is 10.4 Å². The summed E-state index contributed by atoms with van der Waals surface area (Å²) < 4.78 is 10.4. The Balaban J connectivity index is 2.95. The fourth-order valence-corrected chi connectivity index (χ4v) is 0.719. The number of ether oxygens (including phenoxy) is 2. The van der Waals surface area contributed by atoms with Gasteiger partial charge < -0.3 is 14.4 Å². The molecule has 6 nitrogen and oxygen atoms in total. The van der Waals surface area contributed by atoms with Crippen molar-refractivity contribution in [3.8, 4) is 0 Å². The Morgan fingerprint density at radius 3 is 2.36 bits per heavy atom. The molecule has 0 saturated carbocycles. The molecule has 0 aliphatic carbocycles. The second kappa shape index (κ2) is 10.3. The summed E-state index contributed by atoms with van der Waals surface area (Å²) in [5.41, 5.74) is 7.96. The van der Waals surface area contributed by atoms with E-state index in [1.54, 1.807) is 0 Å². The van der Waals surface area contributed by atoms with Gasteiger partial charge in [0.2, 0.25) is 0 Å². The molecule has 0 N–H and O–H groups in total. The molecule has 0 spiro atoms. The Kier molecular flexibility index (Phi) is 9.68. The molecule has 0 aliphatic heterocycles. The number of rotatable bonds is 9. The fraction of sp³-hybridized carbons (Fsp3) is 1.00. The smallest absolute Gasteiger partial charge is 0.0701 e. The zero-order chi connectivity index (χ0) is 10.6. The molecule has 0 aliphatic rings. The summed E-state index contributed by atoms with van der Waals surface area (Å²) >= 11 is 0. The van der Waals surface area contributed by atoms with Crippen LogP contribution in [0.1, 0.15) is 0 Å². The van der Waals surface area contributed by atoms with Crippen LogP contribution < -0.4 is 0 Å². The summed E-state index contributed by atoms with van der Waals surface area (Å²) in [6, 6.07) is 0. The van der Waals surface area contributed by atoms with Gasteiger partial charge in [0, 0.05) is 18.0 Å². The maximum absolute atomic E-state index is 7.96. The predicted octanol–water partition coefficient (Wildman–Crippen LogP) is 0.891. The summed E-state index contributed by atoms with van der Waals surface area (Å²) in [4.78, 5) is 4.67. The lowest BCUT2D eigenvalue weighted by atomic mass is 10.6. The van der Waals surface area contributed by atoms with Gasteiger partial charge in [0.1, 0.15) is 0 Å². The topological polar surface area (TPSA) is 70.5 Å². The lowest BCUT2D eigenvalue weighted by molar-refractivity contribution is 0.0455. The van der Waals surface area contributed by atoms with Crippen LogP contribution in [0.4, 0.5) is 0 Å². The second-order valence-corrected chi connectivity index (χ2v) is 2.98. The van der Waals surface area contributed by atoms with Gasteiger partial charge in [-0.1, -0.05) is 5.11 Å². The van der Waals surface area contributed by atoms with Crippen LogP contribution in [0.15, 0.2) is 5.11 Å². The summed E-state index contributed by atoms with van der Waals surface area (Å²) in [6.07, 6.45) is 0. The molecule has 0 amide bonds. The van der Waals surface area contributed by atoms with E-state index < -0.39 is 0 Å². The number of azide groups is 1. The van der Waals surface area contributed by atoms with Crippen molar-refractivity contribution in [3.05, 3.63) is 10.4 Å². The summed E-state index contributed by atoms with van der Waals surface area (Å²) in [6.45, 7) is 3.61. The van der Waals surface area contributed by atoms with Crippen molar-refractivity contribution in [1.29, 1.82) is 0 Å². The number of nitrogens with zero attached hydrogens (tertiary/aromatic N) is 4. The molecule has 0 aromatic rings. The van der Waals surface area contributed by atoms with Gasteiger partial charge in [-0.2, -0.15) is 0 Å². The molecule has 0 rings (SSSR count). The Hall–Kier alpha value is -0.810. The Labute approximate surface area is 84.4 Å². The number of hydrogen-bond donors (Lipinski definition) is 0. The highest BCUT2D eigenvalue weighted by Crippen LogP contribution is 1.81. The van der Waals surface area contributed by atoms with Crippen LogP contribution in [0.2, 0.25) is 0 Å². The first kappa shape index (κ1) is 13.2. The van der Waals surface area contributed by atoms with Gasteiger partial charge in [0.15, 0.2) is 0 Å². The van der Waals surface area contributed by atoms with Gasteiger partial charge >= 0.3 is 0 Å². The van der Waals surface area contributed by atoms with E-state index in [9.17, 15) is 0 Å². The highest BCUT2D eigenvalue weighted by Gasteiger charge is 1.91. The largest absolute Gasteiger partial charge is 0.379 e. The average molecular weight is 202 g/mol. The third-order valence-corrected chi connectivity index (χ3v) is 1.45. The van der Waals surface area contributed by atoms with Crippen molar-refractivity contribution in [3.63, 3.8) is 0 Å². The first-order valence-corrected chi connectivity index (χ1v) is 4.58. The van der Waals surface area contributed by atoms with Crippen LogP contribution >= 0.6 is 0 Å². The Morgan fingerprint density at radius 1 is 1.14 bits per heavy atom. The molecular formula is C8H18N4O2. The maximum Gasteiger partial charge on any atom is 0.0701 e. The fourth-order valence-electron chi connectivity index (χ4n) is 0.719.